The standard InChI is InChI=1S/C16H21N3O3/c1-11-6-13(11)15(20)19-9-16(10-19)7-12(2-5-21-16)22-14-8-17-3-4-18-14/h3-4,8,11-13H,2,5-7,9-10H2,1H3/t11-,12-,13+/m1/s1. The van der Waals surface area contributed by atoms with Crippen molar-refractivity contribution >= 4 is 5.91 Å². The predicted molar refractivity (Wildman–Crippen MR) is 78.2 cm³/mol. The largest absolute Gasteiger partial charge is 0.473 e. The summed E-state index contributed by atoms with van der Waals surface area (Å²) in [5, 5.41) is 0. The van der Waals surface area contributed by atoms with E-state index in [0.29, 0.717) is 37.4 Å². The number of nitrogens with zero attached hydrogens (tertiary/aromatic N) is 3. The fraction of sp³-hybridized carbons (Fsp3) is 0.688. The second-order valence-electron chi connectivity index (χ2n) is 6.82. The molecule has 2 saturated heterocycles. The molecule has 1 spiro atoms. The number of carbonyl (C=O) groups is 1. The monoisotopic (exact) mass is 303 g/mol. The highest BCUT2D eigenvalue weighted by molar-refractivity contribution is 5.82. The van der Waals surface area contributed by atoms with Crippen LogP contribution in [0.3, 0.4) is 0 Å². The van der Waals surface area contributed by atoms with Crippen LogP contribution in [0.1, 0.15) is 26.2 Å². The molecule has 1 aliphatic carbocycles. The normalized spacial score (nSPS) is 32.4. The first kappa shape index (κ1) is 13.9. The molecule has 3 heterocycles. The molecular weight excluding hydrogens is 282 g/mol. The van der Waals surface area contributed by atoms with E-state index >= 15 is 0 Å². The highest BCUT2D eigenvalue weighted by Gasteiger charge is 2.53. The second kappa shape index (κ2) is 5.19. The van der Waals surface area contributed by atoms with Gasteiger partial charge in [0.15, 0.2) is 0 Å². The Kier molecular flexibility index (Phi) is 3.29. The molecule has 1 saturated carbocycles. The lowest BCUT2D eigenvalue weighted by molar-refractivity contribution is -0.194. The molecule has 1 aromatic rings. The fourth-order valence-corrected chi connectivity index (χ4v) is 3.53. The van der Waals surface area contributed by atoms with Crippen LogP contribution in [0.4, 0.5) is 0 Å². The maximum atomic E-state index is 12.2. The van der Waals surface area contributed by atoms with E-state index in [1.165, 1.54) is 0 Å². The highest BCUT2D eigenvalue weighted by Crippen LogP contribution is 2.43. The Labute approximate surface area is 129 Å². The van der Waals surface area contributed by atoms with Gasteiger partial charge in [-0.05, 0) is 12.3 Å². The van der Waals surface area contributed by atoms with Crippen molar-refractivity contribution < 1.29 is 14.3 Å². The van der Waals surface area contributed by atoms with Gasteiger partial charge in [0.05, 0.1) is 25.9 Å². The van der Waals surface area contributed by atoms with E-state index in [1.807, 2.05) is 4.90 Å². The predicted octanol–water partition coefficient (Wildman–Crippen LogP) is 1.27. The maximum Gasteiger partial charge on any atom is 0.232 e. The Morgan fingerprint density at radius 3 is 2.95 bits per heavy atom. The summed E-state index contributed by atoms with van der Waals surface area (Å²) in [6.45, 7) is 4.22. The SMILES string of the molecule is C[C@@H]1C[C@@H]1C(=O)N1CC2(C[C@H](Oc3cnccn3)CCO2)C1. The first-order valence-corrected chi connectivity index (χ1v) is 8.01. The number of aromatic nitrogens is 2. The Balaban J connectivity index is 1.33. The van der Waals surface area contributed by atoms with Crippen LogP contribution in [0.5, 0.6) is 5.88 Å². The van der Waals surface area contributed by atoms with E-state index in [2.05, 4.69) is 16.9 Å². The Morgan fingerprint density at radius 2 is 2.27 bits per heavy atom. The van der Waals surface area contributed by atoms with Crippen molar-refractivity contribution in [2.24, 2.45) is 11.8 Å². The van der Waals surface area contributed by atoms with E-state index in [9.17, 15) is 4.79 Å². The van der Waals surface area contributed by atoms with Crippen LogP contribution in [-0.4, -0.2) is 52.2 Å². The second-order valence-corrected chi connectivity index (χ2v) is 6.82. The summed E-state index contributed by atoms with van der Waals surface area (Å²) in [5.41, 5.74) is -0.209. The molecule has 4 rings (SSSR count). The third-order valence-electron chi connectivity index (χ3n) is 4.97. The smallest absolute Gasteiger partial charge is 0.232 e. The summed E-state index contributed by atoms with van der Waals surface area (Å²) >= 11 is 0. The molecule has 0 unspecified atom stereocenters. The van der Waals surface area contributed by atoms with Gasteiger partial charge in [0.1, 0.15) is 11.7 Å². The van der Waals surface area contributed by atoms with Gasteiger partial charge in [-0.1, -0.05) is 6.92 Å². The van der Waals surface area contributed by atoms with Crippen molar-refractivity contribution in [2.75, 3.05) is 19.7 Å². The summed E-state index contributed by atoms with van der Waals surface area (Å²) in [4.78, 5) is 22.3. The molecule has 0 radical (unpaired) electrons. The van der Waals surface area contributed by atoms with Crippen molar-refractivity contribution in [3.05, 3.63) is 18.6 Å². The lowest BCUT2D eigenvalue weighted by Gasteiger charge is -2.53. The molecule has 0 N–H and O–H groups in total. The Morgan fingerprint density at radius 1 is 1.45 bits per heavy atom. The number of hydrogen-bond donors (Lipinski definition) is 0. The van der Waals surface area contributed by atoms with Gasteiger partial charge in [-0.15, -0.1) is 0 Å². The molecule has 22 heavy (non-hydrogen) atoms. The summed E-state index contributed by atoms with van der Waals surface area (Å²) in [6.07, 6.45) is 7.69. The third-order valence-corrected chi connectivity index (χ3v) is 4.97. The van der Waals surface area contributed by atoms with Gasteiger partial charge in [0.2, 0.25) is 11.8 Å². The summed E-state index contributed by atoms with van der Waals surface area (Å²) in [5.74, 6) is 1.68. The lowest BCUT2D eigenvalue weighted by atomic mass is 9.84. The Bertz CT molecular complexity index is 559. The van der Waals surface area contributed by atoms with E-state index in [1.54, 1.807) is 18.6 Å². The summed E-state index contributed by atoms with van der Waals surface area (Å²) in [6, 6.07) is 0. The van der Waals surface area contributed by atoms with Crippen LogP contribution >= 0.6 is 0 Å². The first-order valence-electron chi connectivity index (χ1n) is 8.01. The quantitative estimate of drug-likeness (QED) is 0.841. The van der Waals surface area contributed by atoms with Gasteiger partial charge in [-0.25, -0.2) is 4.98 Å². The van der Waals surface area contributed by atoms with Gasteiger partial charge >= 0.3 is 0 Å². The van der Waals surface area contributed by atoms with Gasteiger partial charge < -0.3 is 14.4 Å². The van der Waals surface area contributed by atoms with Crippen molar-refractivity contribution in [3.63, 3.8) is 0 Å². The van der Waals surface area contributed by atoms with E-state index in [-0.39, 0.29) is 17.6 Å². The van der Waals surface area contributed by atoms with Gasteiger partial charge in [0.25, 0.3) is 0 Å². The zero-order valence-corrected chi connectivity index (χ0v) is 12.8. The number of amides is 1. The van der Waals surface area contributed by atoms with Crippen molar-refractivity contribution in [1.29, 1.82) is 0 Å². The minimum Gasteiger partial charge on any atom is -0.473 e. The average molecular weight is 303 g/mol. The summed E-state index contributed by atoms with van der Waals surface area (Å²) in [7, 11) is 0. The average Bonchev–Trinajstić information content (AvgIpc) is 3.22. The van der Waals surface area contributed by atoms with E-state index < -0.39 is 0 Å². The molecule has 118 valence electrons. The minimum atomic E-state index is -0.209. The van der Waals surface area contributed by atoms with Crippen LogP contribution in [-0.2, 0) is 9.53 Å². The molecule has 0 bridgehead atoms. The molecular formula is C16H21N3O3. The van der Waals surface area contributed by atoms with Crippen LogP contribution in [0.2, 0.25) is 0 Å². The number of rotatable bonds is 3. The maximum absolute atomic E-state index is 12.2. The number of carbonyl (C=O) groups excluding carboxylic acids is 1. The van der Waals surface area contributed by atoms with Crippen LogP contribution in [0.15, 0.2) is 18.6 Å². The van der Waals surface area contributed by atoms with Gasteiger partial charge in [-0.2, -0.15) is 0 Å². The van der Waals surface area contributed by atoms with Crippen molar-refractivity contribution in [1.82, 2.24) is 14.9 Å². The number of ether oxygens (including phenoxy) is 2. The van der Waals surface area contributed by atoms with Crippen LogP contribution in [0.25, 0.3) is 0 Å². The molecule has 2 aliphatic heterocycles. The summed E-state index contributed by atoms with van der Waals surface area (Å²) < 4.78 is 11.9. The minimum absolute atomic E-state index is 0.0857. The van der Waals surface area contributed by atoms with Crippen LogP contribution in [0, 0.1) is 11.8 Å². The third kappa shape index (κ3) is 2.56. The molecule has 3 aliphatic rings. The molecule has 6 heteroatoms. The fourth-order valence-electron chi connectivity index (χ4n) is 3.53. The molecule has 1 aromatic heterocycles. The number of hydrogen-bond acceptors (Lipinski definition) is 5. The zero-order chi connectivity index (χ0) is 15.2. The topological polar surface area (TPSA) is 64.6 Å². The van der Waals surface area contributed by atoms with Crippen molar-refractivity contribution in [3.8, 4) is 5.88 Å². The van der Waals surface area contributed by atoms with Gasteiger partial charge in [-0.3, -0.25) is 9.78 Å². The van der Waals surface area contributed by atoms with Crippen LogP contribution < -0.4 is 4.74 Å². The van der Waals surface area contributed by atoms with Crippen molar-refractivity contribution in [2.45, 2.75) is 37.9 Å². The molecule has 0 aromatic carbocycles. The first-order chi connectivity index (χ1) is 10.7. The molecule has 3 fully saturated rings. The molecule has 3 atom stereocenters. The van der Waals surface area contributed by atoms with E-state index in [4.69, 9.17) is 9.47 Å². The lowest BCUT2D eigenvalue weighted by Crippen LogP contribution is -2.67. The molecule has 1 amide bonds. The highest BCUT2D eigenvalue weighted by atomic mass is 16.5. The number of likely N-dealkylation sites (tertiary alicyclic amines) is 1. The van der Waals surface area contributed by atoms with Gasteiger partial charge in [0, 0.05) is 31.2 Å². The molecule has 6 nitrogen and oxygen atoms in total. The van der Waals surface area contributed by atoms with E-state index in [0.717, 1.165) is 19.3 Å². The zero-order valence-electron chi connectivity index (χ0n) is 12.8. The Hall–Kier alpha value is -1.69.